The van der Waals surface area contributed by atoms with Gasteiger partial charge < -0.3 is 24.8 Å². The first-order chi connectivity index (χ1) is 17.0. The largest absolute Gasteiger partial charge is 0.508 e. The van der Waals surface area contributed by atoms with Gasteiger partial charge >= 0.3 is 0 Å². The molecule has 0 fully saturated rings. The minimum atomic E-state index is -0.184. The van der Waals surface area contributed by atoms with Gasteiger partial charge in [-0.25, -0.2) is 0 Å². The van der Waals surface area contributed by atoms with Gasteiger partial charge in [-0.1, -0.05) is 36.4 Å². The van der Waals surface area contributed by atoms with Crippen molar-refractivity contribution in [1.82, 2.24) is 0 Å². The highest BCUT2D eigenvalue weighted by atomic mass is 16.5. The van der Waals surface area contributed by atoms with Crippen LogP contribution in [-0.4, -0.2) is 15.3 Å². The summed E-state index contributed by atoms with van der Waals surface area (Å²) < 4.78 is 12.0. The van der Waals surface area contributed by atoms with E-state index in [9.17, 15) is 15.3 Å². The second kappa shape index (κ2) is 9.69. The van der Waals surface area contributed by atoms with Crippen LogP contribution in [0.1, 0.15) is 17.0 Å². The molecule has 2 unspecified atom stereocenters. The molecule has 0 saturated heterocycles. The number of phenolic OH excluding ortho intramolecular Hbond substituents is 3. The zero-order valence-electron chi connectivity index (χ0n) is 18.8. The van der Waals surface area contributed by atoms with Crippen LogP contribution in [-0.2, 0) is 0 Å². The summed E-state index contributed by atoms with van der Waals surface area (Å²) in [6, 6.07) is 28.3. The summed E-state index contributed by atoms with van der Waals surface area (Å²) >= 11 is 0. The molecule has 0 radical (unpaired) electrons. The van der Waals surface area contributed by atoms with Gasteiger partial charge in [0.05, 0.1) is 0 Å². The van der Waals surface area contributed by atoms with E-state index in [0.717, 1.165) is 11.1 Å². The maximum Gasteiger partial charge on any atom is 0.127 e. The zero-order chi connectivity index (χ0) is 24.2. The minimum Gasteiger partial charge on any atom is -0.508 e. The van der Waals surface area contributed by atoms with Crippen molar-refractivity contribution in [3.63, 3.8) is 0 Å². The Hall–Kier alpha value is -4.64. The molecule has 5 heteroatoms. The molecule has 35 heavy (non-hydrogen) atoms. The molecule has 1 aliphatic rings. The van der Waals surface area contributed by atoms with Crippen LogP contribution in [0.5, 0.6) is 34.5 Å². The molecule has 174 valence electrons. The van der Waals surface area contributed by atoms with Crippen molar-refractivity contribution in [3.8, 4) is 34.5 Å². The third-order valence-electron chi connectivity index (χ3n) is 5.86. The molecule has 0 saturated carbocycles. The van der Waals surface area contributed by atoms with Crippen molar-refractivity contribution in [2.75, 3.05) is 0 Å². The Morgan fingerprint density at radius 3 is 1.89 bits per heavy atom. The number of ether oxygens (including phenoxy) is 2. The quantitative estimate of drug-likeness (QED) is 0.278. The van der Waals surface area contributed by atoms with E-state index in [2.05, 4.69) is 6.08 Å². The van der Waals surface area contributed by atoms with E-state index >= 15 is 0 Å². The topological polar surface area (TPSA) is 79.2 Å². The van der Waals surface area contributed by atoms with Gasteiger partial charge in [0.1, 0.15) is 40.3 Å². The third-order valence-corrected chi connectivity index (χ3v) is 5.86. The average molecular weight is 465 g/mol. The van der Waals surface area contributed by atoms with E-state index in [1.807, 2.05) is 48.6 Å². The van der Waals surface area contributed by atoms with Gasteiger partial charge in [-0.2, -0.15) is 0 Å². The van der Waals surface area contributed by atoms with Crippen LogP contribution in [0.15, 0.2) is 121 Å². The van der Waals surface area contributed by atoms with Crippen molar-refractivity contribution in [1.29, 1.82) is 0 Å². The SMILES string of the molecule is Oc1ccc(OC2=CC(C(c3ccccc3)c3cc(Oc4ccc(O)cc4)ccc3O)C=C2)cc1. The van der Waals surface area contributed by atoms with Crippen LogP contribution in [0.25, 0.3) is 0 Å². The summed E-state index contributed by atoms with van der Waals surface area (Å²) in [4.78, 5) is 0. The summed E-state index contributed by atoms with van der Waals surface area (Å²) in [5.74, 6) is 2.75. The molecule has 0 amide bonds. The van der Waals surface area contributed by atoms with Gasteiger partial charge in [0.2, 0.25) is 0 Å². The molecule has 0 heterocycles. The van der Waals surface area contributed by atoms with Crippen molar-refractivity contribution in [2.24, 2.45) is 5.92 Å². The number of allylic oxidation sites excluding steroid dienone is 3. The lowest BCUT2D eigenvalue weighted by molar-refractivity contribution is 0.436. The maximum atomic E-state index is 10.9. The van der Waals surface area contributed by atoms with Gasteiger partial charge in [-0.15, -0.1) is 0 Å². The van der Waals surface area contributed by atoms with Crippen LogP contribution in [0.3, 0.4) is 0 Å². The number of hydrogen-bond acceptors (Lipinski definition) is 5. The third kappa shape index (κ3) is 5.14. The van der Waals surface area contributed by atoms with E-state index in [1.165, 1.54) is 0 Å². The summed E-state index contributed by atoms with van der Waals surface area (Å²) in [7, 11) is 0. The monoisotopic (exact) mass is 464 g/mol. The molecule has 3 N–H and O–H groups in total. The van der Waals surface area contributed by atoms with Crippen LogP contribution < -0.4 is 9.47 Å². The van der Waals surface area contributed by atoms with Crippen molar-refractivity contribution in [3.05, 3.63) is 132 Å². The first-order valence-corrected chi connectivity index (χ1v) is 11.3. The fourth-order valence-electron chi connectivity index (χ4n) is 4.20. The first kappa shape index (κ1) is 22.2. The van der Waals surface area contributed by atoms with Crippen molar-refractivity contribution < 1.29 is 24.8 Å². The molecule has 5 rings (SSSR count). The average Bonchev–Trinajstić information content (AvgIpc) is 3.32. The standard InChI is InChI=1S/C30H24O5/c31-22-7-12-24(13-8-22)34-26-11-6-21(18-26)30(20-4-2-1-3-5-20)28-19-27(16-17-29(28)33)35-25-14-9-23(32)10-15-25/h1-19,21,30-33H. The van der Waals surface area contributed by atoms with Gasteiger partial charge in [-0.3, -0.25) is 0 Å². The highest BCUT2D eigenvalue weighted by Gasteiger charge is 2.28. The molecule has 0 bridgehead atoms. The Kier molecular flexibility index (Phi) is 6.14. The number of aromatic hydroxyl groups is 3. The maximum absolute atomic E-state index is 10.9. The molecular weight excluding hydrogens is 440 g/mol. The lowest BCUT2D eigenvalue weighted by Crippen LogP contribution is -2.10. The summed E-state index contributed by atoms with van der Waals surface area (Å²) in [5, 5.41) is 29.9. The molecule has 5 nitrogen and oxygen atoms in total. The molecule has 4 aromatic rings. The molecule has 0 aliphatic heterocycles. The minimum absolute atomic E-state index is 0.0701. The van der Waals surface area contributed by atoms with Crippen LogP contribution >= 0.6 is 0 Å². The molecule has 0 spiro atoms. The van der Waals surface area contributed by atoms with E-state index in [-0.39, 0.29) is 29.1 Å². The number of hydrogen-bond donors (Lipinski definition) is 3. The van der Waals surface area contributed by atoms with Crippen molar-refractivity contribution >= 4 is 0 Å². The molecule has 1 aliphatic carbocycles. The fraction of sp³-hybridized carbons (Fsp3) is 0.0667. The van der Waals surface area contributed by atoms with Gasteiger partial charge in [0.25, 0.3) is 0 Å². The van der Waals surface area contributed by atoms with Crippen LogP contribution in [0.4, 0.5) is 0 Å². The van der Waals surface area contributed by atoms with E-state index in [1.54, 1.807) is 60.7 Å². The fourth-order valence-corrected chi connectivity index (χ4v) is 4.20. The number of benzene rings is 4. The van der Waals surface area contributed by atoms with E-state index in [0.29, 0.717) is 23.0 Å². The summed E-state index contributed by atoms with van der Waals surface area (Å²) in [6.45, 7) is 0. The first-order valence-electron chi connectivity index (χ1n) is 11.3. The highest BCUT2D eigenvalue weighted by molar-refractivity contribution is 5.50. The van der Waals surface area contributed by atoms with Gasteiger partial charge in [0, 0.05) is 17.4 Å². The Morgan fingerprint density at radius 2 is 1.23 bits per heavy atom. The Labute approximate surface area is 203 Å². The normalized spacial score (nSPS) is 15.4. The summed E-state index contributed by atoms with van der Waals surface area (Å²) in [6.07, 6.45) is 6.00. The lowest BCUT2D eigenvalue weighted by Gasteiger charge is -2.24. The second-order valence-electron chi connectivity index (χ2n) is 8.31. The van der Waals surface area contributed by atoms with Crippen molar-refractivity contribution in [2.45, 2.75) is 5.92 Å². The predicted octanol–water partition coefficient (Wildman–Crippen LogP) is 6.88. The number of phenols is 3. The molecule has 4 aromatic carbocycles. The highest BCUT2D eigenvalue weighted by Crippen LogP contribution is 2.42. The second-order valence-corrected chi connectivity index (χ2v) is 8.31. The zero-order valence-corrected chi connectivity index (χ0v) is 18.8. The van der Waals surface area contributed by atoms with Gasteiger partial charge in [-0.05, 0) is 84.4 Å². The predicted molar refractivity (Wildman–Crippen MR) is 134 cm³/mol. The van der Waals surface area contributed by atoms with Crippen LogP contribution in [0, 0.1) is 5.92 Å². The van der Waals surface area contributed by atoms with Crippen LogP contribution in [0.2, 0.25) is 0 Å². The molecule has 2 atom stereocenters. The Morgan fingerprint density at radius 1 is 0.629 bits per heavy atom. The number of rotatable bonds is 7. The van der Waals surface area contributed by atoms with Gasteiger partial charge in [0.15, 0.2) is 0 Å². The molecule has 0 aromatic heterocycles. The smallest absolute Gasteiger partial charge is 0.127 e. The van der Waals surface area contributed by atoms with E-state index < -0.39 is 0 Å². The Balaban J connectivity index is 1.47. The Bertz CT molecular complexity index is 1360. The lowest BCUT2D eigenvalue weighted by atomic mass is 9.81. The van der Waals surface area contributed by atoms with E-state index in [4.69, 9.17) is 9.47 Å². The molecular formula is C30H24O5. The summed E-state index contributed by atoms with van der Waals surface area (Å²) in [5.41, 5.74) is 1.77.